The SMILES string of the molecule is CCCCCCCCCC[C@@H](COCCI)OCOC. The largest absolute Gasteiger partial charge is 0.378 e. The van der Waals surface area contributed by atoms with Crippen molar-refractivity contribution in [2.45, 2.75) is 70.8 Å². The minimum absolute atomic E-state index is 0.193. The Hall–Kier alpha value is 0.610. The summed E-state index contributed by atoms with van der Waals surface area (Å²) in [6, 6.07) is 0. The first kappa shape index (κ1) is 20.6. The van der Waals surface area contributed by atoms with Gasteiger partial charge in [0, 0.05) is 11.5 Å². The Kier molecular flexibility index (Phi) is 18.2. The molecule has 0 heterocycles. The maximum absolute atomic E-state index is 5.65. The van der Waals surface area contributed by atoms with E-state index in [-0.39, 0.29) is 6.10 Å². The van der Waals surface area contributed by atoms with Gasteiger partial charge in [0.2, 0.25) is 0 Å². The fourth-order valence-electron chi connectivity index (χ4n) is 2.15. The van der Waals surface area contributed by atoms with Gasteiger partial charge < -0.3 is 14.2 Å². The summed E-state index contributed by atoms with van der Waals surface area (Å²) in [5.74, 6) is 0. The zero-order valence-electron chi connectivity index (χ0n) is 13.4. The van der Waals surface area contributed by atoms with Crippen molar-refractivity contribution in [3.63, 3.8) is 0 Å². The molecule has 0 aliphatic carbocycles. The summed E-state index contributed by atoms with van der Waals surface area (Å²) in [5, 5.41) is 0. The Bertz CT molecular complexity index is 179. The van der Waals surface area contributed by atoms with Crippen molar-refractivity contribution in [2.75, 3.05) is 31.5 Å². The monoisotopic (exact) mass is 400 g/mol. The lowest BCUT2D eigenvalue weighted by atomic mass is 10.1. The van der Waals surface area contributed by atoms with Gasteiger partial charge in [-0.05, 0) is 6.42 Å². The predicted molar refractivity (Wildman–Crippen MR) is 93.7 cm³/mol. The van der Waals surface area contributed by atoms with Crippen LogP contribution in [0.2, 0.25) is 0 Å². The van der Waals surface area contributed by atoms with Gasteiger partial charge in [0.1, 0.15) is 6.79 Å². The highest BCUT2D eigenvalue weighted by Crippen LogP contribution is 2.12. The lowest BCUT2D eigenvalue weighted by Gasteiger charge is -2.17. The summed E-state index contributed by atoms with van der Waals surface area (Å²) < 4.78 is 17.2. The van der Waals surface area contributed by atoms with Crippen LogP contribution in [0.5, 0.6) is 0 Å². The van der Waals surface area contributed by atoms with E-state index < -0.39 is 0 Å². The number of hydrogen-bond acceptors (Lipinski definition) is 3. The zero-order valence-corrected chi connectivity index (χ0v) is 15.5. The van der Waals surface area contributed by atoms with Crippen LogP contribution in [0.25, 0.3) is 0 Å². The smallest absolute Gasteiger partial charge is 0.146 e. The molecule has 122 valence electrons. The normalized spacial score (nSPS) is 12.8. The second-order valence-electron chi connectivity index (χ2n) is 5.22. The minimum Gasteiger partial charge on any atom is -0.378 e. The molecule has 20 heavy (non-hydrogen) atoms. The van der Waals surface area contributed by atoms with Gasteiger partial charge >= 0.3 is 0 Å². The van der Waals surface area contributed by atoms with Gasteiger partial charge in [-0.3, -0.25) is 0 Å². The lowest BCUT2D eigenvalue weighted by Crippen LogP contribution is -2.21. The Morgan fingerprint density at radius 1 is 0.950 bits per heavy atom. The van der Waals surface area contributed by atoms with E-state index in [1.54, 1.807) is 7.11 Å². The van der Waals surface area contributed by atoms with Crippen LogP contribution in [0, 0.1) is 0 Å². The summed E-state index contributed by atoms with van der Waals surface area (Å²) in [7, 11) is 1.67. The maximum atomic E-state index is 5.65. The quantitative estimate of drug-likeness (QED) is 0.159. The van der Waals surface area contributed by atoms with Gasteiger partial charge in [-0.15, -0.1) is 0 Å². The third-order valence-electron chi connectivity index (χ3n) is 3.33. The number of halogens is 1. The van der Waals surface area contributed by atoms with E-state index in [0.29, 0.717) is 13.4 Å². The molecule has 0 saturated carbocycles. The Morgan fingerprint density at radius 2 is 1.60 bits per heavy atom. The van der Waals surface area contributed by atoms with Gasteiger partial charge in [0.25, 0.3) is 0 Å². The van der Waals surface area contributed by atoms with Crippen LogP contribution in [0.15, 0.2) is 0 Å². The van der Waals surface area contributed by atoms with Crippen molar-refractivity contribution < 1.29 is 14.2 Å². The summed E-state index contributed by atoms with van der Waals surface area (Å²) in [4.78, 5) is 0. The zero-order chi connectivity index (χ0) is 14.9. The van der Waals surface area contributed by atoms with Crippen molar-refractivity contribution in [2.24, 2.45) is 0 Å². The van der Waals surface area contributed by atoms with E-state index in [1.807, 2.05) is 0 Å². The first-order valence-corrected chi connectivity index (χ1v) is 9.62. The molecule has 0 bridgehead atoms. The van der Waals surface area contributed by atoms with Crippen molar-refractivity contribution in [3.05, 3.63) is 0 Å². The number of ether oxygens (including phenoxy) is 3. The average Bonchev–Trinajstić information content (AvgIpc) is 2.47. The number of alkyl halides is 1. The second kappa shape index (κ2) is 17.7. The summed E-state index contributed by atoms with van der Waals surface area (Å²) in [6.07, 6.45) is 12.1. The Morgan fingerprint density at radius 3 is 2.20 bits per heavy atom. The highest BCUT2D eigenvalue weighted by atomic mass is 127. The molecule has 0 unspecified atom stereocenters. The Labute approximate surface area is 139 Å². The van der Waals surface area contributed by atoms with Crippen LogP contribution >= 0.6 is 22.6 Å². The van der Waals surface area contributed by atoms with Gasteiger partial charge in [0.15, 0.2) is 0 Å². The molecule has 0 aliphatic heterocycles. The molecule has 0 radical (unpaired) electrons. The number of methoxy groups -OCH3 is 1. The van der Waals surface area contributed by atoms with Crippen LogP contribution in [-0.2, 0) is 14.2 Å². The first-order chi connectivity index (χ1) is 9.85. The number of hydrogen-bond donors (Lipinski definition) is 0. The lowest BCUT2D eigenvalue weighted by molar-refractivity contribution is -0.0984. The molecular formula is C16H33IO3. The van der Waals surface area contributed by atoms with Gasteiger partial charge in [-0.2, -0.15) is 0 Å². The van der Waals surface area contributed by atoms with Crippen molar-refractivity contribution in [1.82, 2.24) is 0 Å². The van der Waals surface area contributed by atoms with Crippen molar-refractivity contribution in [1.29, 1.82) is 0 Å². The topological polar surface area (TPSA) is 27.7 Å². The van der Waals surface area contributed by atoms with E-state index in [2.05, 4.69) is 29.5 Å². The van der Waals surface area contributed by atoms with Gasteiger partial charge in [-0.25, -0.2) is 0 Å². The molecule has 0 aromatic carbocycles. The second-order valence-corrected chi connectivity index (χ2v) is 6.30. The first-order valence-electron chi connectivity index (χ1n) is 8.09. The molecule has 0 aromatic rings. The van der Waals surface area contributed by atoms with E-state index in [0.717, 1.165) is 17.5 Å². The third kappa shape index (κ3) is 15.0. The molecule has 3 nitrogen and oxygen atoms in total. The van der Waals surface area contributed by atoms with Gasteiger partial charge in [-0.1, -0.05) is 80.9 Å². The van der Waals surface area contributed by atoms with E-state index in [4.69, 9.17) is 14.2 Å². The van der Waals surface area contributed by atoms with Crippen molar-refractivity contribution in [3.8, 4) is 0 Å². The molecule has 4 heteroatoms. The molecular weight excluding hydrogens is 367 g/mol. The molecule has 0 aliphatic rings. The molecule has 0 fully saturated rings. The van der Waals surface area contributed by atoms with Crippen LogP contribution in [-0.4, -0.2) is 37.6 Å². The fourth-order valence-corrected chi connectivity index (χ4v) is 2.47. The van der Waals surface area contributed by atoms with E-state index >= 15 is 0 Å². The van der Waals surface area contributed by atoms with Gasteiger partial charge in [0.05, 0.1) is 19.3 Å². The Balaban J connectivity index is 3.46. The molecule has 0 aromatic heterocycles. The predicted octanol–water partition coefficient (Wildman–Crippen LogP) is 4.96. The summed E-state index contributed by atoms with van der Waals surface area (Å²) in [6.45, 7) is 4.14. The molecule has 1 atom stereocenters. The maximum Gasteiger partial charge on any atom is 0.146 e. The van der Waals surface area contributed by atoms with Crippen LogP contribution in [0.1, 0.15) is 64.7 Å². The van der Waals surface area contributed by atoms with Crippen LogP contribution in [0.4, 0.5) is 0 Å². The van der Waals surface area contributed by atoms with E-state index in [1.165, 1.54) is 51.4 Å². The third-order valence-corrected chi connectivity index (χ3v) is 3.77. The number of unbranched alkanes of at least 4 members (excludes halogenated alkanes) is 7. The summed E-state index contributed by atoms with van der Waals surface area (Å²) >= 11 is 2.33. The highest BCUT2D eigenvalue weighted by Gasteiger charge is 2.09. The number of rotatable bonds is 16. The molecule has 0 spiro atoms. The average molecular weight is 400 g/mol. The molecule has 0 amide bonds. The molecule has 0 rings (SSSR count). The van der Waals surface area contributed by atoms with E-state index in [9.17, 15) is 0 Å². The molecule has 0 saturated heterocycles. The van der Waals surface area contributed by atoms with Crippen molar-refractivity contribution >= 4 is 22.6 Å². The van der Waals surface area contributed by atoms with Crippen LogP contribution in [0.3, 0.4) is 0 Å². The van der Waals surface area contributed by atoms with Crippen LogP contribution < -0.4 is 0 Å². The summed E-state index contributed by atoms with van der Waals surface area (Å²) in [5.41, 5.74) is 0. The fraction of sp³-hybridized carbons (Fsp3) is 1.00. The molecule has 0 N–H and O–H groups in total. The minimum atomic E-state index is 0.193. The standard InChI is InChI=1S/C16H33IO3/c1-3-4-5-6-7-8-9-10-11-16(20-15-18-2)14-19-13-12-17/h16H,3-15H2,1-2H3/t16-/m0/s1. The highest BCUT2D eigenvalue weighted by molar-refractivity contribution is 14.1.